The van der Waals surface area contributed by atoms with Gasteiger partial charge in [0.2, 0.25) is 0 Å². The predicted molar refractivity (Wildman–Crippen MR) is 88.4 cm³/mol. The molecule has 3 aromatic rings. The first-order chi connectivity index (χ1) is 11.5. The Labute approximate surface area is 139 Å². The van der Waals surface area contributed by atoms with Crippen molar-refractivity contribution in [3.8, 4) is 0 Å². The standard InChI is InChI=1S/C17H20N4O3/c1-11(2)10-21-16-12(8-20-21)6-13(7-18-16)17(23)19-9-14(22)15-4-3-5-24-15/h3-8,11,14,22H,9-10H2,1-2H3,(H,19,23). The number of nitrogens with one attached hydrogen (secondary N) is 1. The van der Waals surface area contributed by atoms with Gasteiger partial charge in [0.05, 0.1) is 24.6 Å². The summed E-state index contributed by atoms with van der Waals surface area (Å²) in [6.07, 6.45) is 3.83. The van der Waals surface area contributed by atoms with Crippen LogP contribution in [0.1, 0.15) is 36.1 Å². The molecule has 3 heterocycles. The lowest BCUT2D eigenvalue weighted by Gasteiger charge is -2.10. The topological polar surface area (TPSA) is 93.2 Å². The number of furan rings is 1. The normalized spacial score (nSPS) is 12.7. The third-order valence-electron chi connectivity index (χ3n) is 3.60. The van der Waals surface area contributed by atoms with Crippen LogP contribution in [0, 0.1) is 5.92 Å². The van der Waals surface area contributed by atoms with Crippen LogP contribution < -0.4 is 5.32 Å². The number of carbonyl (C=O) groups is 1. The first-order valence-electron chi connectivity index (χ1n) is 7.86. The number of hydrogen-bond donors (Lipinski definition) is 2. The first-order valence-corrected chi connectivity index (χ1v) is 7.86. The molecular formula is C17H20N4O3. The van der Waals surface area contributed by atoms with Crippen LogP contribution in [-0.4, -0.2) is 32.3 Å². The Kier molecular flexibility index (Phi) is 4.61. The summed E-state index contributed by atoms with van der Waals surface area (Å²) in [5.41, 5.74) is 1.19. The molecule has 7 nitrogen and oxygen atoms in total. The molecule has 3 rings (SSSR count). The van der Waals surface area contributed by atoms with Gasteiger partial charge in [-0.05, 0) is 24.1 Å². The molecule has 0 aliphatic carbocycles. The van der Waals surface area contributed by atoms with Gasteiger partial charge >= 0.3 is 0 Å². The predicted octanol–water partition coefficient (Wildman–Crippen LogP) is 2.14. The third-order valence-corrected chi connectivity index (χ3v) is 3.60. The van der Waals surface area contributed by atoms with Gasteiger partial charge in [-0.1, -0.05) is 13.8 Å². The smallest absolute Gasteiger partial charge is 0.252 e. The van der Waals surface area contributed by atoms with Gasteiger partial charge in [0.25, 0.3) is 5.91 Å². The summed E-state index contributed by atoms with van der Waals surface area (Å²) in [5, 5.41) is 17.7. The molecule has 0 aromatic carbocycles. The first kappa shape index (κ1) is 16.2. The molecule has 0 aliphatic heterocycles. The molecule has 1 atom stereocenters. The molecule has 0 saturated carbocycles. The summed E-state index contributed by atoms with van der Waals surface area (Å²) in [6.45, 7) is 5.06. The van der Waals surface area contributed by atoms with Crippen molar-refractivity contribution < 1.29 is 14.3 Å². The molecule has 1 amide bonds. The number of aliphatic hydroxyl groups excluding tert-OH is 1. The second-order valence-electron chi connectivity index (χ2n) is 6.10. The largest absolute Gasteiger partial charge is 0.467 e. The van der Waals surface area contributed by atoms with Crippen molar-refractivity contribution in [3.63, 3.8) is 0 Å². The Morgan fingerprint density at radius 1 is 1.42 bits per heavy atom. The molecular weight excluding hydrogens is 308 g/mol. The number of fused-ring (bicyclic) bond motifs is 1. The average Bonchev–Trinajstić information content (AvgIpc) is 3.21. The van der Waals surface area contributed by atoms with Gasteiger partial charge < -0.3 is 14.8 Å². The molecule has 2 N–H and O–H groups in total. The summed E-state index contributed by atoms with van der Waals surface area (Å²) in [4.78, 5) is 16.6. The van der Waals surface area contributed by atoms with Crippen LogP contribution in [0.15, 0.2) is 41.3 Å². The van der Waals surface area contributed by atoms with Crippen molar-refractivity contribution in [3.05, 3.63) is 48.2 Å². The lowest BCUT2D eigenvalue weighted by atomic mass is 10.2. The molecule has 0 radical (unpaired) electrons. The van der Waals surface area contributed by atoms with E-state index in [9.17, 15) is 9.90 Å². The van der Waals surface area contributed by atoms with Crippen molar-refractivity contribution in [1.82, 2.24) is 20.1 Å². The molecule has 0 fully saturated rings. The quantitative estimate of drug-likeness (QED) is 0.723. The van der Waals surface area contributed by atoms with Crippen LogP contribution in [-0.2, 0) is 6.54 Å². The summed E-state index contributed by atoms with van der Waals surface area (Å²) in [7, 11) is 0. The highest BCUT2D eigenvalue weighted by atomic mass is 16.4. The van der Waals surface area contributed by atoms with Crippen LogP contribution in [0.3, 0.4) is 0 Å². The zero-order valence-electron chi connectivity index (χ0n) is 13.6. The minimum Gasteiger partial charge on any atom is -0.467 e. The number of aliphatic hydroxyl groups is 1. The van der Waals surface area contributed by atoms with E-state index < -0.39 is 6.10 Å². The molecule has 1 unspecified atom stereocenters. The molecule has 3 aromatic heterocycles. The van der Waals surface area contributed by atoms with Gasteiger partial charge in [-0.3, -0.25) is 4.79 Å². The fraction of sp³-hybridized carbons (Fsp3) is 0.353. The lowest BCUT2D eigenvalue weighted by molar-refractivity contribution is 0.0901. The monoisotopic (exact) mass is 328 g/mol. The average molecular weight is 328 g/mol. The second kappa shape index (κ2) is 6.84. The zero-order valence-corrected chi connectivity index (χ0v) is 13.6. The number of rotatable bonds is 6. The van der Waals surface area contributed by atoms with E-state index in [-0.39, 0.29) is 12.5 Å². The van der Waals surface area contributed by atoms with Gasteiger partial charge in [-0.2, -0.15) is 5.10 Å². The van der Waals surface area contributed by atoms with Gasteiger partial charge in [-0.15, -0.1) is 0 Å². The third kappa shape index (κ3) is 3.46. The van der Waals surface area contributed by atoms with E-state index in [2.05, 4.69) is 29.2 Å². The van der Waals surface area contributed by atoms with Gasteiger partial charge in [-0.25, -0.2) is 9.67 Å². The fourth-order valence-electron chi connectivity index (χ4n) is 2.45. The lowest BCUT2D eigenvalue weighted by Crippen LogP contribution is -2.28. The highest BCUT2D eigenvalue weighted by Gasteiger charge is 2.14. The number of hydrogen-bond acceptors (Lipinski definition) is 5. The maximum Gasteiger partial charge on any atom is 0.252 e. The van der Waals surface area contributed by atoms with E-state index in [0.717, 1.165) is 17.6 Å². The Balaban J connectivity index is 1.69. The summed E-state index contributed by atoms with van der Waals surface area (Å²) in [6, 6.07) is 5.10. The summed E-state index contributed by atoms with van der Waals surface area (Å²) in [5.74, 6) is 0.575. The van der Waals surface area contributed by atoms with E-state index in [4.69, 9.17) is 4.42 Å². The Morgan fingerprint density at radius 2 is 2.25 bits per heavy atom. The molecule has 7 heteroatoms. The van der Waals surface area contributed by atoms with Crippen LogP contribution in [0.2, 0.25) is 0 Å². The van der Waals surface area contributed by atoms with Gasteiger partial charge in [0.1, 0.15) is 11.9 Å². The number of pyridine rings is 1. The SMILES string of the molecule is CC(C)Cn1ncc2cc(C(=O)NCC(O)c3ccco3)cnc21. The van der Waals surface area contributed by atoms with Crippen LogP contribution in [0.4, 0.5) is 0 Å². The molecule has 126 valence electrons. The van der Waals surface area contributed by atoms with Crippen molar-refractivity contribution in [2.45, 2.75) is 26.5 Å². The minimum atomic E-state index is -0.880. The maximum atomic E-state index is 12.2. The van der Waals surface area contributed by atoms with E-state index in [1.54, 1.807) is 24.4 Å². The second-order valence-corrected chi connectivity index (χ2v) is 6.10. The fourth-order valence-corrected chi connectivity index (χ4v) is 2.45. The number of carbonyl (C=O) groups excluding carboxylic acids is 1. The summed E-state index contributed by atoms with van der Waals surface area (Å²) < 4.78 is 6.94. The minimum absolute atomic E-state index is 0.0665. The van der Waals surface area contributed by atoms with E-state index in [0.29, 0.717) is 17.2 Å². The summed E-state index contributed by atoms with van der Waals surface area (Å²) >= 11 is 0. The maximum absolute atomic E-state index is 12.2. The number of amides is 1. The van der Waals surface area contributed by atoms with Gasteiger partial charge in [0, 0.05) is 18.1 Å². The number of nitrogens with zero attached hydrogens (tertiary/aromatic N) is 3. The van der Waals surface area contributed by atoms with Crippen LogP contribution in [0.5, 0.6) is 0 Å². The van der Waals surface area contributed by atoms with Crippen molar-refractivity contribution >= 4 is 16.9 Å². The van der Waals surface area contributed by atoms with E-state index in [1.807, 2.05) is 4.68 Å². The highest BCUT2D eigenvalue weighted by molar-refractivity contribution is 5.96. The number of aromatic nitrogens is 3. The zero-order chi connectivity index (χ0) is 17.1. The molecule has 0 bridgehead atoms. The van der Waals surface area contributed by atoms with Crippen molar-refractivity contribution in [2.75, 3.05) is 6.54 Å². The Morgan fingerprint density at radius 3 is 2.96 bits per heavy atom. The van der Waals surface area contributed by atoms with E-state index >= 15 is 0 Å². The van der Waals surface area contributed by atoms with Crippen molar-refractivity contribution in [2.24, 2.45) is 5.92 Å². The molecule has 0 saturated heterocycles. The van der Waals surface area contributed by atoms with Crippen molar-refractivity contribution in [1.29, 1.82) is 0 Å². The Bertz CT molecular complexity index is 824. The Hall–Kier alpha value is -2.67. The van der Waals surface area contributed by atoms with E-state index in [1.165, 1.54) is 12.5 Å². The van der Waals surface area contributed by atoms with Crippen LogP contribution >= 0.6 is 0 Å². The van der Waals surface area contributed by atoms with Gasteiger partial charge in [0.15, 0.2) is 5.65 Å². The highest BCUT2D eigenvalue weighted by Crippen LogP contribution is 2.15. The molecule has 0 aliphatic rings. The van der Waals surface area contributed by atoms with Crippen LogP contribution in [0.25, 0.3) is 11.0 Å². The molecule has 0 spiro atoms. The molecule has 24 heavy (non-hydrogen) atoms.